The molecule has 5 heteroatoms. The van der Waals surface area contributed by atoms with Gasteiger partial charge in [0, 0.05) is 24.4 Å². The number of hydrogen-bond acceptors (Lipinski definition) is 4. The molecule has 134 valence electrons. The molecular formula is C20H25FN2O2. The Morgan fingerprint density at radius 2 is 1.80 bits per heavy atom. The van der Waals surface area contributed by atoms with Crippen molar-refractivity contribution in [1.29, 1.82) is 0 Å². The minimum atomic E-state index is -0.585. The molecular weight excluding hydrogens is 319 g/mol. The highest BCUT2D eigenvalue weighted by Gasteiger charge is 2.11. The summed E-state index contributed by atoms with van der Waals surface area (Å²) in [6.07, 6.45) is 9.92. The Hall–Kier alpha value is -2.30. The SMILES string of the molecule is CCCCCc1cnc(-c2ccc(OC(=O)CCCC)c(F)c2)nc1. The molecule has 0 aliphatic carbocycles. The number of carbonyl (C=O) groups excluding carboxylic acids is 1. The number of nitrogens with zero attached hydrogens (tertiary/aromatic N) is 2. The van der Waals surface area contributed by atoms with E-state index in [0.717, 1.165) is 31.2 Å². The van der Waals surface area contributed by atoms with Crippen LogP contribution < -0.4 is 4.74 Å². The molecule has 1 heterocycles. The number of aromatic nitrogens is 2. The van der Waals surface area contributed by atoms with Gasteiger partial charge in [0.1, 0.15) is 0 Å². The third-order valence-corrected chi connectivity index (χ3v) is 3.92. The van der Waals surface area contributed by atoms with E-state index in [-0.39, 0.29) is 5.75 Å². The smallest absolute Gasteiger partial charge is 0.311 e. The fourth-order valence-electron chi connectivity index (χ4n) is 2.43. The summed E-state index contributed by atoms with van der Waals surface area (Å²) in [6.45, 7) is 4.15. The maximum absolute atomic E-state index is 14.2. The third-order valence-electron chi connectivity index (χ3n) is 3.92. The highest BCUT2D eigenvalue weighted by molar-refractivity contribution is 5.72. The zero-order chi connectivity index (χ0) is 18.1. The van der Waals surface area contributed by atoms with E-state index in [1.165, 1.54) is 25.0 Å². The van der Waals surface area contributed by atoms with Crippen molar-refractivity contribution in [2.75, 3.05) is 0 Å². The molecule has 0 atom stereocenters. The number of rotatable bonds is 9. The first-order valence-electron chi connectivity index (χ1n) is 8.95. The number of benzene rings is 1. The van der Waals surface area contributed by atoms with Crippen LogP contribution in [-0.2, 0) is 11.2 Å². The zero-order valence-corrected chi connectivity index (χ0v) is 14.9. The molecule has 0 aliphatic heterocycles. The predicted molar refractivity (Wildman–Crippen MR) is 95.8 cm³/mol. The lowest BCUT2D eigenvalue weighted by Gasteiger charge is -2.07. The van der Waals surface area contributed by atoms with Gasteiger partial charge >= 0.3 is 5.97 Å². The molecule has 2 rings (SSSR count). The lowest BCUT2D eigenvalue weighted by Crippen LogP contribution is -2.08. The Kier molecular flexibility index (Phi) is 7.51. The molecule has 1 aromatic heterocycles. The van der Waals surface area contributed by atoms with Crippen LogP contribution in [0.5, 0.6) is 5.75 Å². The van der Waals surface area contributed by atoms with Gasteiger partial charge < -0.3 is 4.74 Å². The molecule has 0 radical (unpaired) electrons. The molecule has 0 aliphatic rings. The molecule has 0 unspecified atom stereocenters. The third kappa shape index (κ3) is 5.93. The molecule has 0 saturated carbocycles. The molecule has 4 nitrogen and oxygen atoms in total. The van der Waals surface area contributed by atoms with Gasteiger partial charge in [0.15, 0.2) is 17.4 Å². The van der Waals surface area contributed by atoms with Gasteiger partial charge in [-0.25, -0.2) is 14.4 Å². The summed E-state index contributed by atoms with van der Waals surface area (Å²) in [4.78, 5) is 20.2. The van der Waals surface area contributed by atoms with Crippen molar-refractivity contribution >= 4 is 5.97 Å². The van der Waals surface area contributed by atoms with Crippen molar-refractivity contribution in [3.05, 3.63) is 42.0 Å². The van der Waals surface area contributed by atoms with E-state index in [4.69, 9.17) is 4.74 Å². The van der Waals surface area contributed by atoms with Crippen molar-refractivity contribution in [3.8, 4) is 17.1 Å². The van der Waals surface area contributed by atoms with Crippen LogP contribution >= 0.6 is 0 Å². The second kappa shape index (κ2) is 9.87. The van der Waals surface area contributed by atoms with E-state index in [2.05, 4.69) is 16.9 Å². The molecule has 0 fully saturated rings. The van der Waals surface area contributed by atoms with Crippen LogP contribution in [0, 0.1) is 5.82 Å². The first-order valence-corrected chi connectivity index (χ1v) is 8.95. The summed E-state index contributed by atoms with van der Waals surface area (Å²) in [5, 5.41) is 0. The number of hydrogen-bond donors (Lipinski definition) is 0. The Morgan fingerprint density at radius 1 is 1.08 bits per heavy atom. The first-order chi connectivity index (χ1) is 12.1. The number of carbonyl (C=O) groups is 1. The van der Waals surface area contributed by atoms with Gasteiger partial charge in [0.25, 0.3) is 0 Å². The maximum atomic E-state index is 14.2. The van der Waals surface area contributed by atoms with Gasteiger partial charge in [-0.05, 0) is 43.0 Å². The van der Waals surface area contributed by atoms with Gasteiger partial charge in [-0.3, -0.25) is 4.79 Å². The average Bonchev–Trinajstić information content (AvgIpc) is 2.62. The monoisotopic (exact) mass is 344 g/mol. The van der Waals surface area contributed by atoms with Gasteiger partial charge in [-0.1, -0.05) is 33.1 Å². The van der Waals surface area contributed by atoms with Gasteiger partial charge in [0.2, 0.25) is 0 Å². The maximum Gasteiger partial charge on any atom is 0.311 e. The second-order valence-electron chi connectivity index (χ2n) is 6.09. The Labute approximate surface area is 148 Å². The van der Waals surface area contributed by atoms with Crippen LogP contribution in [0.25, 0.3) is 11.4 Å². The topological polar surface area (TPSA) is 52.1 Å². The molecule has 0 saturated heterocycles. The summed E-state index contributed by atoms with van der Waals surface area (Å²) < 4.78 is 19.2. The predicted octanol–water partition coefficient (Wildman–Crippen LogP) is 5.11. The van der Waals surface area contributed by atoms with Gasteiger partial charge in [-0.2, -0.15) is 0 Å². The Balaban J connectivity index is 2.03. The lowest BCUT2D eigenvalue weighted by molar-refractivity contribution is -0.134. The van der Waals surface area contributed by atoms with Crippen molar-refractivity contribution in [3.63, 3.8) is 0 Å². The van der Waals surface area contributed by atoms with Crippen molar-refractivity contribution < 1.29 is 13.9 Å². The quantitative estimate of drug-likeness (QED) is 0.360. The number of unbranched alkanes of at least 4 members (excludes halogenated alkanes) is 3. The van der Waals surface area contributed by atoms with E-state index in [1.807, 2.05) is 6.92 Å². The number of halogens is 1. The summed E-state index contributed by atoms with van der Waals surface area (Å²) in [5.41, 5.74) is 1.64. The lowest BCUT2D eigenvalue weighted by atomic mass is 10.1. The second-order valence-corrected chi connectivity index (χ2v) is 6.09. The van der Waals surface area contributed by atoms with E-state index in [1.54, 1.807) is 18.5 Å². The number of ether oxygens (including phenoxy) is 1. The summed E-state index contributed by atoms with van der Waals surface area (Å²) in [6, 6.07) is 4.42. The number of aryl methyl sites for hydroxylation is 1. The van der Waals surface area contributed by atoms with Crippen LogP contribution in [0.3, 0.4) is 0 Å². The van der Waals surface area contributed by atoms with E-state index >= 15 is 0 Å². The molecule has 0 bridgehead atoms. The van der Waals surface area contributed by atoms with Crippen LogP contribution in [0.2, 0.25) is 0 Å². The molecule has 25 heavy (non-hydrogen) atoms. The van der Waals surface area contributed by atoms with E-state index < -0.39 is 11.8 Å². The molecule has 0 N–H and O–H groups in total. The molecule has 1 aromatic carbocycles. The summed E-state index contributed by atoms with van der Waals surface area (Å²) >= 11 is 0. The van der Waals surface area contributed by atoms with E-state index in [9.17, 15) is 9.18 Å². The first kappa shape index (κ1) is 19.0. The van der Waals surface area contributed by atoms with E-state index in [0.29, 0.717) is 17.8 Å². The highest BCUT2D eigenvalue weighted by atomic mass is 19.1. The van der Waals surface area contributed by atoms with Gasteiger partial charge in [0.05, 0.1) is 0 Å². The molecule has 0 amide bonds. The molecule has 2 aromatic rings. The van der Waals surface area contributed by atoms with Crippen molar-refractivity contribution in [2.24, 2.45) is 0 Å². The van der Waals surface area contributed by atoms with Gasteiger partial charge in [-0.15, -0.1) is 0 Å². The highest BCUT2D eigenvalue weighted by Crippen LogP contribution is 2.24. The van der Waals surface area contributed by atoms with Crippen LogP contribution in [0.4, 0.5) is 4.39 Å². The summed E-state index contributed by atoms with van der Waals surface area (Å²) in [7, 11) is 0. The standard InChI is InChI=1S/C20H25FN2O2/c1-3-5-7-8-15-13-22-20(23-14-15)16-10-11-18(17(21)12-16)25-19(24)9-6-4-2/h10-14H,3-9H2,1-2H3. The Morgan fingerprint density at radius 3 is 2.44 bits per heavy atom. The minimum absolute atomic E-state index is 0.0546. The fraction of sp³-hybridized carbons (Fsp3) is 0.450. The Bertz CT molecular complexity index is 687. The van der Waals surface area contributed by atoms with Crippen molar-refractivity contribution in [1.82, 2.24) is 9.97 Å². The van der Waals surface area contributed by atoms with Crippen molar-refractivity contribution in [2.45, 2.75) is 58.8 Å². The van der Waals surface area contributed by atoms with Crippen LogP contribution in [0.1, 0.15) is 57.9 Å². The minimum Gasteiger partial charge on any atom is -0.423 e. The summed E-state index contributed by atoms with van der Waals surface area (Å²) in [5.74, 6) is -0.595. The zero-order valence-electron chi connectivity index (χ0n) is 14.9. The molecule has 0 spiro atoms. The van der Waals surface area contributed by atoms with Crippen LogP contribution in [0.15, 0.2) is 30.6 Å². The van der Waals surface area contributed by atoms with Crippen LogP contribution in [-0.4, -0.2) is 15.9 Å². The number of esters is 1. The average molecular weight is 344 g/mol. The normalized spacial score (nSPS) is 10.7. The largest absolute Gasteiger partial charge is 0.423 e. The fourth-order valence-corrected chi connectivity index (χ4v) is 2.43.